The van der Waals surface area contributed by atoms with Crippen molar-refractivity contribution < 1.29 is 41.0 Å². The number of halogens is 5. The fraction of sp³-hybridized carbons (Fsp3) is 0.391. The summed E-state index contributed by atoms with van der Waals surface area (Å²) in [6, 6.07) is 2.53. The minimum atomic E-state index is -3.06. The van der Waals surface area contributed by atoms with Gasteiger partial charge in [0.15, 0.2) is 5.88 Å². The number of ether oxygens (including phenoxy) is 2. The van der Waals surface area contributed by atoms with Crippen molar-refractivity contribution in [1.82, 2.24) is 9.97 Å². The van der Waals surface area contributed by atoms with E-state index in [-0.39, 0.29) is 41.9 Å². The molecule has 1 aromatic carbocycles. The van der Waals surface area contributed by atoms with Crippen molar-refractivity contribution in [3.8, 4) is 11.3 Å². The molecule has 2 aliphatic rings. The van der Waals surface area contributed by atoms with Crippen molar-refractivity contribution in [3.05, 3.63) is 53.8 Å². The summed E-state index contributed by atoms with van der Waals surface area (Å²) in [5.41, 5.74) is 4.52. The van der Waals surface area contributed by atoms with Crippen LogP contribution in [0.4, 0.5) is 27.6 Å². The Morgan fingerprint density at radius 3 is 2.64 bits per heavy atom. The number of carbonyl (C=O) groups is 2. The first-order chi connectivity index (χ1) is 17.0. The van der Waals surface area contributed by atoms with E-state index in [1.54, 1.807) is 0 Å². The van der Waals surface area contributed by atoms with E-state index in [4.69, 9.17) is 15.2 Å². The van der Waals surface area contributed by atoms with E-state index in [1.807, 2.05) is 0 Å². The first-order valence-electron chi connectivity index (χ1n) is 11.0. The number of ketones is 1. The molecule has 1 aliphatic heterocycles. The molecule has 2 heterocycles. The van der Waals surface area contributed by atoms with Gasteiger partial charge in [-0.3, -0.25) is 9.59 Å². The van der Waals surface area contributed by atoms with Crippen molar-refractivity contribution in [2.45, 2.75) is 50.0 Å². The molecule has 1 unspecified atom stereocenters. The fourth-order valence-corrected chi connectivity index (χ4v) is 3.78. The Morgan fingerprint density at radius 2 is 1.97 bits per heavy atom. The van der Waals surface area contributed by atoms with Crippen LogP contribution in [0.25, 0.3) is 11.3 Å². The summed E-state index contributed by atoms with van der Waals surface area (Å²) in [5, 5.41) is 2.25. The predicted molar refractivity (Wildman–Crippen MR) is 115 cm³/mol. The van der Waals surface area contributed by atoms with Crippen LogP contribution in [-0.4, -0.2) is 46.5 Å². The van der Waals surface area contributed by atoms with Gasteiger partial charge in [0.1, 0.15) is 48.6 Å². The number of aromatic nitrogens is 2. The van der Waals surface area contributed by atoms with Crippen molar-refractivity contribution in [2.75, 3.05) is 11.9 Å². The highest BCUT2D eigenvalue weighted by Crippen LogP contribution is 2.40. The topological polar surface area (TPSA) is 116 Å². The lowest BCUT2D eigenvalue weighted by atomic mass is 9.94. The summed E-state index contributed by atoms with van der Waals surface area (Å²) in [7, 11) is 0. The molecule has 8 nitrogen and oxygen atoms in total. The van der Waals surface area contributed by atoms with Crippen LogP contribution < -0.4 is 11.1 Å². The third kappa shape index (κ3) is 5.78. The minimum Gasteiger partial charge on any atom is -0.476 e. The average molecular weight is 512 g/mol. The quantitative estimate of drug-likeness (QED) is 0.251. The van der Waals surface area contributed by atoms with Gasteiger partial charge in [-0.1, -0.05) is 0 Å². The number of alkyl halides is 3. The van der Waals surface area contributed by atoms with E-state index in [2.05, 4.69) is 15.3 Å². The molecule has 1 amide bonds. The largest absolute Gasteiger partial charge is 0.476 e. The van der Waals surface area contributed by atoms with Gasteiger partial charge in [-0.15, -0.1) is 0 Å². The molecule has 1 saturated heterocycles. The molecule has 4 rings (SSSR count). The highest BCUT2D eigenvalue weighted by Gasteiger charge is 2.38. The molecule has 1 aromatic heterocycles. The van der Waals surface area contributed by atoms with E-state index >= 15 is 0 Å². The van der Waals surface area contributed by atoms with Crippen molar-refractivity contribution >= 4 is 17.4 Å². The van der Waals surface area contributed by atoms with Crippen LogP contribution in [0, 0.1) is 11.6 Å². The van der Waals surface area contributed by atoms with Gasteiger partial charge in [0.25, 0.3) is 11.8 Å². The first-order valence-corrected chi connectivity index (χ1v) is 11.0. The molecule has 1 atom stereocenters. The summed E-state index contributed by atoms with van der Waals surface area (Å²) in [6.07, 6.45) is -1.49. The van der Waals surface area contributed by atoms with Crippen molar-refractivity contribution in [3.63, 3.8) is 0 Å². The molecule has 0 spiro atoms. The van der Waals surface area contributed by atoms with E-state index in [0.717, 1.165) is 24.5 Å². The molecule has 36 heavy (non-hydrogen) atoms. The summed E-state index contributed by atoms with van der Waals surface area (Å²) < 4.78 is 79.0. The monoisotopic (exact) mass is 512 g/mol. The lowest BCUT2D eigenvalue weighted by Crippen LogP contribution is -2.34. The van der Waals surface area contributed by atoms with E-state index in [0.29, 0.717) is 6.08 Å². The maximum absolute atomic E-state index is 14.6. The Kier molecular flexibility index (Phi) is 7.20. The molecule has 192 valence electrons. The number of nitrogens with two attached hydrogens (primary N) is 1. The molecule has 1 aliphatic carbocycles. The summed E-state index contributed by atoms with van der Waals surface area (Å²) >= 11 is 0. The number of nitrogens with zero attached hydrogens (tertiary/aromatic N) is 2. The summed E-state index contributed by atoms with van der Waals surface area (Å²) in [6.45, 7) is -0.921. The van der Waals surface area contributed by atoms with Crippen LogP contribution in [0.5, 0.6) is 0 Å². The van der Waals surface area contributed by atoms with Gasteiger partial charge in [0.2, 0.25) is 5.78 Å². The second-order valence-corrected chi connectivity index (χ2v) is 8.47. The number of amides is 1. The predicted octanol–water partition coefficient (Wildman–Crippen LogP) is 3.73. The molecule has 3 N–H and O–H groups in total. The van der Waals surface area contributed by atoms with E-state index in [9.17, 15) is 31.5 Å². The third-order valence-corrected chi connectivity index (χ3v) is 5.71. The van der Waals surface area contributed by atoms with E-state index in [1.165, 1.54) is 0 Å². The zero-order chi connectivity index (χ0) is 26.0. The Bertz CT molecular complexity index is 1190. The lowest BCUT2D eigenvalue weighted by molar-refractivity contribution is -0.146. The van der Waals surface area contributed by atoms with E-state index < -0.39 is 66.5 Å². The maximum atomic E-state index is 14.6. The Balaban J connectivity index is 1.64. The summed E-state index contributed by atoms with van der Waals surface area (Å²) in [5.74, 6) is -7.64. The van der Waals surface area contributed by atoms with Gasteiger partial charge in [0, 0.05) is 24.8 Å². The molecule has 2 aromatic rings. The van der Waals surface area contributed by atoms with Crippen LogP contribution in [0.3, 0.4) is 0 Å². The standard InChI is InChI=1S/C23H21F5N4O4/c24-11-1-2-15(26)14(7-11)19-21(20(31-10-30-19)17-3-4-23(27,28)9-35-17)32-22(34)16(33)8-18(29)36-13-5-12(25)6-13/h1-2,7-8,10,12-13,17H,3-6,9,29H2,(H,32,34)/b18-8+. The number of rotatable bonds is 7. The Labute approximate surface area is 201 Å². The third-order valence-electron chi connectivity index (χ3n) is 5.71. The van der Waals surface area contributed by atoms with Crippen LogP contribution in [-0.2, 0) is 19.1 Å². The minimum absolute atomic E-state index is 0.0998. The van der Waals surface area contributed by atoms with Crippen LogP contribution in [0.1, 0.15) is 37.5 Å². The summed E-state index contributed by atoms with van der Waals surface area (Å²) in [4.78, 5) is 33.0. The molecule has 0 bridgehead atoms. The number of carbonyl (C=O) groups excluding carboxylic acids is 2. The van der Waals surface area contributed by atoms with Gasteiger partial charge in [-0.25, -0.2) is 31.9 Å². The molecular weight excluding hydrogens is 491 g/mol. The number of hydrogen-bond acceptors (Lipinski definition) is 7. The molecule has 2 fully saturated rings. The van der Waals surface area contributed by atoms with Crippen molar-refractivity contribution in [1.29, 1.82) is 0 Å². The van der Waals surface area contributed by atoms with Crippen molar-refractivity contribution in [2.24, 2.45) is 5.73 Å². The van der Waals surface area contributed by atoms with Crippen LogP contribution >= 0.6 is 0 Å². The number of nitrogens with one attached hydrogen (secondary N) is 1. The Morgan fingerprint density at radius 1 is 1.22 bits per heavy atom. The van der Waals surface area contributed by atoms with Gasteiger partial charge < -0.3 is 20.5 Å². The lowest BCUT2D eigenvalue weighted by Gasteiger charge is -2.30. The highest BCUT2D eigenvalue weighted by molar-refractivity contribution is 6.44. The number of hydrogen-bond donors (Lipinski definition) is 2. The van der Waals surface area contributed by atoms with Gasteiger partial charge in [-0.2, -0.15) is 0 Å². The van der Waals surface area contributed by atoms with Crippen LogP contribution in [0.15, 0.2) is 36.5 Å². The molecular formula is C23H21F5N4O4. The second-order valence-electron chi connectivity index (χ2n) is 8.47. The van der Waals surface area contributed by atoms with Crippen LogP contribution in [0.2, 0.25) is 0 Å². The zero-order valence-electron chi connectivity index (χ0n) is 18.6. The van der Waals surface area contributed by atoms with Gasteiger partial charge in [0.05, 0.1) is 17.5 Å². The van der Waals surface area contributed by atoms with Gasteiger partial charge in [-0.05, 0) is 24.6 Å². The normalized spacial score (nSPS) is 23.5. The molecule has 13 heteroatoms. The number of anilines is 1. The number of benzene rings is 1. The Hall–Kier alpha value is -3.61. The second kappa shape index (κ2) is 10.2. The SMILES string of the molecule is N/C(=C\C(=O)C(=O)Nc1c(-c2cc(F)ccc2F)ncnc1C1CCC(F)(F)CO1)OC1CC(F)C1. The average Bonchev–Trinajstić information content (AvgIpc) is 2.80. The highest BCUT2D eigenvalue weighted by atomic mass is 19.3. The molecule has 1 saturated carbocycles. The fourth-order valence-electron chi connectivity index (χ4n) is 3.78. The maximum Gasteiger partial charge on any atom is 0.296 e. The zero-order valence-corrected chi connectivity index (χ0v) is 18.6. The van der Waals surface area contributed by atoms with Gasteiger partial charge >= 0.3 is 0 Å². The first kappa shape index (κ1) is 25.5. The molecule has 0 radical (unpaired) electrons. The smallest absolute Gasteiger partial charge is 0.296 e.